The highest BCUT2D eigenvalue weighted by Gasteiger charge is 2.02. The summed E-state index contributed by atoms with van der Waals surface area (Å²) in [6.45, 7) is 0.587. The number of H-pyrrole nitrogens is 1. The Labute approximate surface area is 86.9 Å². The lowest BCUT2D eigenvalue weighted by atomic mass is 10.2. The van der Waals surface area contributed by atoms with Gasteiger partial charge in [-0.1, -0.05) is 0 Å². The minimum absolute atomic E-state index is 0.122. The molecule has 0 aliphatic carbocycles. The van der Waals surface area contributed by atoms with Gasteiger partial charge in [0, 0.05) is 12.5 Å². The highest BCUT2D eigenvalue weighted by Crippen LogP contribution is 2.00. The number of aromatic amines is 1. The van der Waals surface area contributed by atoms with Gasteiger partial charge in [0.2, 0.25) is 5.91 Å². The maximum atomic E-state index is 11.3. The zero-order chi connectivity index (χ0) is 11.1. The predicted molar refractivity (Wildman–Crippen MR) is 56.4 cm³/mol. The molecule has 0 fully saturated rings. The molecule has 1 rings (SSSR count). The summed E-state index contributed by atoms with van der Waals surface area (Å²) < 4.78 is 0. The number of carbonyl (C=O) groups excluding carboxylic acids is 1. The molecule has 1 aromatic heterocycles. The molecule has 0 saturated carbocycles. The first kappa shape index (κ1) is 11.4. The number of nitrogens with one attached hydrogen (secondary N) is 2. The van der Waals surface area contributed by atoms with Crippen LogP contribution in [0.15, 0.2) is 16.9 Å². The van der Waals surface area contributed by atoms with E-state index in [0.29, 0.717) is 18.8 Å². The number of anilines is 1. The van der Waals surface area contributed by atoms with Crippen molar-refractivity contribution in [2.45, 2.75) is 19.3 Å². The number of amides is 1. The minimum atomic E-state index is -0.295. The first-order chi connectivity index (χ1) is 7.22. The van der Waals surface area contributed by atoms with Crippen molar-refractivity contribution in [2.24, 2.45) is 5.73 Å². The van der Waals surface area contributed by atoms with Crippen LogP contribution in [0.3, 0.4) is 0 Å². The van der Waals surface area contributed by atoms with Crippen LogP contribution in [0.1, 0.15) is 19.3 Å². The molecule has 6 heteroatoms. The summed E-state index contributed by atoms with van der Waals surface area (Å²) in [5, 5.41) is 8.45. The van der Waals surface area contributed by atoms with Gasteiger partial charge in [-0.2, -0.15) is 5.10 Å². The van der Waals surface area contributed by atoms with Crippen molar-refractivity contribution in [1.29, 1.82) is 0 Å². The molecular formula is C9H14N4O2. The fourth-order valence-corrected chi connectivity index (χ4v) is 1.05. The molecule has 6 nitrogen and oxygen atoms in total. The number of rotatable bonds is 5. The van der Waals surface area contributed by atoms with Gasteiger partial charge < -0.3 is 11.1 Å². The second-order valence-corrected chi connectivity index (χ2v) is 3.10. The summed E-state index contributed by atoms with van der Waals surface area (Å²) in [6, 6.07) is 2.77. The Kier molecular flexibility index (Phi) is 4.49. The van der Waals surface area contributed by atoms with Gasteiger partial charge in [0.1, 0.15) is 0 Å². The van der Waals surface area contributed by atoms with E-state index in [-0.39, 0.29) is 11.5 Å². The molecule has 0 radical (unpaired) electrons. The summed E-state index contributed by atoms with van der Waals surface area (Å²) in [5.74, 6) is 0.232. The monoisotopic (exact) mass is 210 g/mol. The van der Waals surface area contributed by atoms with Gasteiger partial charge in [-0.25, -0.2) is 5.10 Å². The topological polar surface area (TPSA) is 101 Å². The zero-order valence-electron chi connectivity index (χ0n) is 8.32. The number of carbonyl (C=O) groups is 1. The van der Waals surface area contributed by atoms with E-state index in [4.69, 9.17) is 5.73 Å². The van der Waals surface area contributed by atoms with Crippen LogP contribution in [0.5, 0.6) is 0 Å². The Bertz CT molecular complexity index is 354. The Hall–Kier alpha value is -1.69. The van der Waals surface area contributed by atoms with Crippen molar-refractivity contribution in [3.63, 3.8) is 0 Å². The SMILES string of the molecule is NCCCCC(=O)Nc1ccc(=O)[nH]n1. The second kappa shape index (κ2) is 5.92. The third-order valence-corrected chi connectivity index (χ3v) is 1.80. The molecule has 82 valence electrons. The van der Waals surface area contributed by atoms with Crippen molar-refractivity contribution < 1.29 is 4.79 Å². The van der Waals surface area contributed by atoms with Crippen LogP contribution >= 0.6 is 0 Å². The van der Waals surface area contributed by atoms with Gasteiger partial charge in [-0.15, -0.1) is 0 Å². The van der Waals surface area contributed by atoms with Crippen LogP contribution in [-0.2, 0) is 4.79 Å². The molecule has 0 bridgehead atoms. The Balaban J connectivity index is 2.37. The first-order valence-corrected chi connectivity index (χ1v) is 4.78. The summed E-state index contributed by atoms with van der Waals surface area (Å²) in [7, 11) is 0. The van der Waals surface area contributed by atoms with Crippen molar-refractivity contribution in [2.75, 3.05) is 11.9 Å². The first-order valence-electron chi connectivity index (χ1n) is 4.78. The van der Waals surface area contributed by atoms with E-state index in [9.17, 15) is 9.59 Å². The average Bonchev–Trinajstić information content (AvgIpc) is 2.22. The largest absolute Gasteiger partial charge is 0.330 e. The highest BCUT2D eigenvalue weighted by atomic mass is 16.1. The molecule has 4 N–H and O–H groups in total. The number of aromatic nitrogens is 2. The Morgan fingerprint density at radius 2 is 2.27 bits per heavy atom. The normalized spacial score (nSPS) is 9.93. The number of nitrogens with two attached hydrogens (primary N) is 1. The van der Waals surface area contributed by atoms with Crippen molar-refractivity contribution >= 4 is 11.7 Å². The maximum Gasteiger partial charge on any atom is 0.264 e. The van der Waals surface area contributed by atoms with Crippen molar-refractivity contribution in [3.8, 4) is 0 Å². The van der Waals surface area contributed by atoms with Crippen LogP contribution < -0.4 is 16.6 Å². The highest BCUT2D eigenvalue weighted by molar-refractivity contribution is 5.89. The molecule has 0 saturated heterocycles. The molecule has 0 aromatic carbocycles. The predicted octanol–water partition coefficient (Wildman–Crippen LogP) is -0.163. The maximum absolute atomic E-state index is 11.3. The smallest absolute Gasteiger partial charge is 0.264 e. The van der Waals surface area contributed by atoms with Gasteiger partial charge in [-0.3, -0.25) is 9.59 Å². The lowest BCUT2D eigenvalue weighted by molar-refractivity contribution is -0.116. The standard InChI is InChI=1S/C9H14N4O2/c10-6-2-1-3-8(14)11-7-4-5-9(15)13-12-7/h4-5H,1-3,6,10H2,(H,13,15)(H,11,12,14). The van der Waals surface area contributed by atoms with Gasteiger partial charge in [0.05, 0.1) is 0 Å². The molecule has 15 heavy (non-hydrogen) atoms. The summed E-state index contributed by atoms with van der Waals surface area (Å²) in [4.78, 5) is 22.0. The number of hydrogen-bond donors (Lipinski definition) is 3. The summed E-state index contributed by atoms with van der Waals surface area (Å²) in [6.07, 6.45) is 2.00. The molecule has 1 amide bonds. The van der Waals surface area contributed by atoms with Crippen LogP contribution in [-0.4, -0.2) is 22.6 Å². The number of nitrogens with zero attached hydrogens (tertiary/aromatic N) is 1. The van der Waals surface area contributed by atoms with Gasteiger partial charge in [0.15, 0.2) is 5.82 Å². The van der Waals surface area contributed by atoms with E-state index in [1.54, 1.807) is 0 Å². The van der Waals surface area contributed by atoms with E-state index in [2.05, 4.69) is 15.5 Å². The van der Waals surface area contributed by atoms with Gasteiger partial charge in [0.25, 0.3) is 5.56 Å². The summed E-state index contributed by atoms with van der Waals surface area (Å²) in [5.41, 5.74) is 5.00. The molecule has 0 atom stereocenters. The number of unbranched alkanes of at least 4 members (excludes halogenated alkanes) is 1. The van der Waals surface area contributed by atoms with E-state index < -0.39 is 0 Å². The van der Waals surface area contributed by atoms with Crippen molar-refractivity contribution in [3.05, 3.63) is 22.5 Å². The van der Waals surface area contributed by atoms with E-state index >= 15 is 0 Å². The second-order valence-electron chi connectivity index (χ2n) is 3.10. The van der Waals surface area contributed by atoms with E-state index in [0.717, 1.165) is 12.8 Å². The van der Waals surface area contributed by atoms with Crippen molar-refractivity contribution in [1.82, 2.24) is 10.2 Å². The molecule has 0 aliphatic heterocycles. The molecule has 0 spiro atoms. The zero-order valence-corrected chi connectivity index (χ0v) is 8.32. The summed E-state index contributed by atoms with van der Waals surface area (Å²) >= 11 is 0. The molecule has 1 heterocycles. The molecule has 0 unspecified atom stereocenters. The Morgan fingerprint density at radius 3 is 2.87 bits per heavy atom. The van der Waals surface area contributed by atoms with Crippen LogP contribution in [0.25, 0.3) is 0 Å². The van der Waals surface area contributed by atoms with Crippen LogP contribution in [0.4, 0.5) is 5.82 Å². The fraction of sp³-hybridized carbons (Fsp3) is 0.444. The van der Waals surface area contributed by atoms with Crippen LogP contribution in [0.2, 0.25) is 0 Å². The third-order valence-electron chi connectivity index (χ3n) is 1.80. The van der Waals surface area contributed by atoms with E-state index in [1.807, 2.05) is 0 Å². The molecular weight excluding hydrogens is 196 g/mol. The van der Waals surface area contributed by atoms with E-state index in [1.165, 1.54) is 12.1 Å². The quantitative estimate of drug-likeness (QED) is 0.587. The fourth-order valence-electron chi connectivity index (χ4n) is 1.05. The van der Waals surface area contributed by atoms with Crippen LogP contribution in [0, 0.1) is 0 Å². The molecule has 0 aliphatic rings. The van der Waals surface area contributed by atoms with Gasteiger partial charge in [-0.05, 0) is 25.5 Å². The molecule has 1 aromatic rings. The third kappa shape index (κ3) is 4.37. The lowest BCUT2D eigenvalue weighted by Crippen LogP contribution is -2.15. The Morgan fingerprint density at radius 1 is 1.47 bits per heavy atom. The van der Waals surface area contributed by atoms with Gasteiger partial charge >= 0.3 is 0 Å². The average molecular weight is 210 g/mol. The number of hydrogen-bond acceptors (Lipinski definition) is 4. The minimum Gasteiger partial charge on any atom is -0.330 e. The lowest BCUT2D eigenvalue weighted by Gasteiger charge is -2.02.